The van der Waals surface area contributed by atoms with Crippen LogP contribution in [0.3, 0.4) is 0 Å². The highest BCUT2D eigenvalue weighted by atomic mass is 19.1. The van der Waals surface area contributed by atoms with Gasteiger partial charge in [0.25, 0.3) is 0 Å². The first kappa shape index (κ1) is 11.0. The molecule has 1 aromatic heterocycles. The monoisotopic (exact) mass is 244 g/mol. The van der Waals surface area contributed by atoms with Gasteiger partial charge in [0, 0.05) is 24.5 Å². The third-order valence-electron chi connectivity index (χ3n) is 2.96. The molecule has 0 atom stereocenters. The molecule has 0 spiro atoms. The molecule has 0 N–H and O–H groups in total. The number of nitrogens with zero attached hydrogens (tertiary/aromatic N) is 2. The predicted octanol–water partition coefficient (Wildman–Crippen LogP) is 3.14. The minimum Gasteiger partial charge on any atom is -0.491 e. The van der Waals surface area contributed by atoms with E-state index in [1.54, 1.807) is 0 Å². The number of rotatable bonds is 1. The SMILES string of the molecule is Fc1cc(N2CCCOc3ccccc32)ccn1. The van der Waals surface area contributed by atoms with Gasteiger partial charge in [0.05, 0.1) is 12.3 Å². The van der Waals surface area contributed by atoms with E-state index in [0.29, 0.717) is 6.61 Å². The first-order valence-electron chi connectivity index (χ1n) is 5.95. The van der Waals surface area contributed by atoms with Crippen molar-refractivity contribution in [1.29, 1.82) is 0 Å². The molecule has 3 rings (SSSR count). The molecule has 4 heteroatoms. The fraction of sp³-hybridized carbons (Fsp3) is 0.214. The van der Waals surface area contributed by atoms with Gasteiger partial charge in [0.1, 0.15) is 5.75 Å². The van der Waals surface area contributed by atoms with E-state index in [9.17, 15) is 4.39 Å². The molecule has 0 radical (unpaired) electrons. The molecule has 3 nitrogen and oxygen atoms in total. The summed E-state index contributed by atoms with van der Waals surface area (Å²) in [7, 11) is 0. The van der Waals surface area contributed by atoms with E-state index in [0.717, 1.165) is 30.1 Å². The number of ether oxygens (including phenoxy) is 1. The maximum absolute atomic E-state index is 13.2. The average molecular weight is 244 g/mol. The van der Waals surface area contributed by atoms with Gasteiger partial charge in [-0.2, -0.15) is 4.39 Å². The topological polar surface area (TPSA) is 25.4 Å². The smallest absolute Gasteiger partial charge is 0.214 e. The maximum atomic E-state index is 13.2. The van der Waals surface area contributed by atoms with Crippen molar-refractivity contribution in [3.8, 4) is 5.75 Å². The Bertz CT molecular complexity index is 559. The summed E-state index contributed by atoms with van der Waals surface area (Å²) in [4.78, 5) is 5.65. The third-order valence-corrected chi connectivity index (χ3v) is 2.96. The van der Waals surface area contributed by atoms with E-state index in [-0.39, 0.29) is 0 Å². The Labute approximate surface area is 105 Å². The van der Waals surface area contributed by atoms with Gasteiger partial charge in [-0.15, -0.1) is 0 Å². The highest BCUT2D eigenvalue weighted by Gasteiger charge is 2.17. The van der Waals surface area contributed by atoms with Crippen molar-refractivity contribution in [3.05, 3.63) is 48.5 Å². The molecule has 18 heavy (non-hydrogen) atoms. The van der Waals surface area contributed by atoms with Crippen LogP contribution in [0.2, 0.25) is 0 Å². The van der Waals surface area contributed by atoms with Crippen molar-refractivity contribution in [2.75, 3.05) is 18.1 Å². The lowest BCUT2D eigenvalue weighted by Gasteiger charge is -2.23. The van der Waals surface area contributed by atoms with Crippen molar-refractivity contribution >= 4 is 11.4 Å². The lowest BCUT2D eigenvalue weighted by atomic mass is 10.2. The van der Waals surface area contributed by atoms with Gasteiger partial charge in [0.15, 0.2) is 0 Å². The largest absolute Gasteiger partial charge is 0.491 e. The van der Waals surface area contributed by atoms with Gasteiger partial charge in [-0.05, 0) is 24.6 Å². The van der Waals surface area contributed by atoms with Gasteiger partial charge in [-0.25, -0.2) is 4.98 Å². The van der Waals surface area contributed by atoms with Crippen LogP contribution in [0, 0.1) is 5.95 Å². The van der Waals surface area contributed by atoms with Crippen LogP contribution in [0.5, 0.6) is 5.75 Å². The summed E-state index contributed by atoms with van der Waals surface area (Å²) in [5.74, 6) is 0.377. The minimum atomic E-state index is -0.463. The second-order valence-electron chi connectivity index (χ2n) is 4.16. The number of anilines is 2. The number of aromatic nitrogens is 1. The zero-order chi connectivity index (χ0) is 12.4. The van der Waals surface area contributed by atoms with Gasteiger partial charge in [0.2, 0.25) is 5.95 Å². The molecule has 2 aromatic rings. The second kappa shape index (κ2) is 4.64. The summed E-state index contributed by atoms with van der Waals surface area (Å²) < 4.78 is 18.9. The Balaban J connectivity index is 2.06. The molecule has 1 aliphatic rings. The number of hydrogen-bond acceptors (Lipinski definition) is 3. The van der Waals surface area contributed by atoms with Gasteiger partial charge < -0.3 is 9.64 Å². The second-order valence-corrected chi connectivity index (χ2v) is 4.16. The molecule has 92 valence electrons. The van der Waals surface area contributed by atoms with E-state index in [2.05, 4.69) is 9.88 Å². The quantitative estimate of drug-likeness (QED) is 0.720. The molecule has 0 bridgehead atoms. The molecule has 1 aromatic carbocycles. The number of pyridine rings is 1. The molecule has 0 saturated heterocycles. The first-order chi connectivity index (χ1) is 8.84. The van der Waals surface area contributed by atoms with E-state index < -0.39 is 5.95 Å². The molecule has 0 aliphatic carbocycles. The summed E-state index contributed by atoms with van der Waals surface area (Å²) in [6, 6.07) is 11.1. The van der Waals surface area contributed by atoms with Crippen LogP contribution in [0.25, 0.3) is 0 Å². The van der Waals surface area contributed by atoms with E-state index in [1.165, 1.54) is 12.3 Å². The minimum absolute atomic E-state index is 0.463. The Morgan fingerprint density at radius 1 is 1.22 bits per heavy atom. The highest BCUT2D eigenvalue weighted by molar-refractivity contribution is 5.69. The number of hydrogen-bond donors (Lipinski definition) is 0. The molecule has 0 amide bonds. The number of para-hydroxylation sites is 2. The Morgan fingerprint density at radius 3 is 3.00 bits per heavy atom. The van der Waals surface area contributed by atoms with Crippen LogP contribution in [0.15, 0.2) is 42.6 Å². The summed E-state index contributed by atoms with van der Waals surface area (Å²) in [5, 5.41) is 0. The fourth-order valence-corrected chi connectivity index (χ4v) is 2.16. The predicted molar refractivity (Wildman–Crippen MR) is 67.8 cm³/mol. The molecular weight excluding hydrogens is 231 g/mol. The molecule has 0 unspecified atom stereocenters. The van der Waals surface area contributed by atoms with E-state index in [1.807, 2.05) is 30.3 Å². The average Bonchev–Trinajstić information content (AvgIpc) is 2.61. The maximum Gasteiger partial charge on any atom is 0.214 e. The molecular formula is C14H13FN2O. The number of halogens is 1. The molecule has 1 aliphatic heterocycles. The lowest BCUT2D eigenvalue weighted by molar-refractivity contribution is 0.322. The summed E-state index contributed by atoms with van der Waals surface area (Å²) in [6.07, 6.45) is 2.39. The summed E-state index contributed by atoms with van der Waals surface area (Å²) in [5.41, 5.74) is 1.78. The summed E-state index contributed by atoms with van der Waals surface area (Å²) >= 11 is 0. The van der Waals surface area contributed by atoms with Gasteiger partial charge in [-0.1, -0.05) is 12.1 Å². The molecule has 0 saturated carbocycles. The number of benzene rings is 1. The van der Waals surface area contributed by atoms with Crippen molar-refractivity contribution in [3.63, 3.8) is 0 Å². The van der Waals surface area contributed by atoms with Crippen LogP contribution in [0.4, 0.5) is 15.8 Å². The van der Waals surface area contributed by atoms with Gasteiger partial charge in [-0.3, -0.25) is 0 Å². The van der Waals surface area contributed by atoms with Crippen molar-refractivity contribution in [1.82, 2.24) is 4.98 Å². The molecule has 0 fully saturated rings. The van der Waals surface area contributed by atoms with Crippen LogP contribution in [-0.2, 0) is 0 Å². The van der Waals surface area contributed by atoms with Crippen LogP contribution >= 0.6 is 0 Å². The van der Waals surface area contributed by atoms with Crippen LogP contribution < -0.4 is 9.64 Å². The van der Waals surface area contributed by atoms with E-state index >= 15 is 0 Å². The number of fused-ring (bicyclic) bond motifs is 1. The van der Waals surface area contributed by atoms with Crippen molar-refractivity contribution in [2.24, 2.45) is 0 Å². The molecule has 2 heterocycles. The lowest BCUT2D eigenvalue weighted by Crippen LogP contribution is -2.17. The van der Waals surface area contributed by atoms with E-state index in [4.69, 9.17) is 4.74 Å². The van der Waals surface area contributed by atoms with Crippen LogP contribution in [-0.4, -0.2) is 18.1 Å². The zero-order valence-electron chi connectivity index (χ0n) is 9.84. The van der Waals surface area contributed by atoms with Crippen molar-refractivity contribution in [2.45, 2.75) is 6.42 Å². The Morgan fingerprint density at radius 2 is 2.11 bits per heavy atom. The normalized spacial score (nSPS) is 14.6. The zero-order valence-corrected chi connectivity index (χ0v) is 9.84. The highest BCUT2D eigenvalue weighted by Crippen LogP contribution is 2.35. The van der Waals surface area contributed by atoms with Gasteiger partial charge >= 0.3 is 0 Å². The van der Waals surface area contributed by atoms with Crippen molar-refractivity contribution < 1.29 is 9.13 Å². The standard InChI is InChI=1S/C14H13FN2O/c15-14-10-11(6-7-16-14)17-8-3-9-18-13-5-2-1-4-12(13)17/h1-2,4-7,10H,3,8-9H2. The van der Waals surface area contributed by atoms with Crippen LogP contribution in [0.1, 0.15) is 6.42 Å². The Kier molecular flexibility index (Phi) is 2.84. The fourth-order valence-electron chi connectivity index (χ4n) is 2.16. The summed E-state index contributed by atoms with van der Waals surface area (Å²) in [6.45, 7) is 1.49. The third kappa shape index (κ3) is 2.01. The first-order valence-corrected chi connectivity index (χ1v) is 5.95. The Hall–Kier alpha value is -2.10.